The molecule has 1 aromatic carbocycles. The van der Waals surface area contributed by atoms with E-state index in [-0.39, 0.29) is 17.3 Å². The number of rotatable bonds is 6. The minimum atomic E-state index is -0.401. The Labute approximate surface area is 180 Å². The zero-order valence-electron chi connectivity index (χ0n) is 15.6. The van der Waals surface area contributed by atoms with Crippen molar-refractivity contribution in [1.29, 1.82) is 0 Å². The second-order valence-electron chi connectivity index (χ2n) is 6.29. The highest BCUT2D eigenvalue weighted by molar-refractivity contribution is 7.21. The van der Waals surface area contributed by atoms with E-state index < -0.39 is 5.91 Å². The van der Waals surface area contributed by atoms with E-state index in [1.807, 2.05) is 12.1 Å². The molecule has 0 saturated carbocycles. The van der Waals surface area contributed by atoms with Gasteiger partial charge in [-0.15, -0.1) is 22.7 Å². The molecule has 29 heavy (non-hydrogen) atoms. The van der Waals surface area contributed by atoms with Gasteiger partial charge >= 0.3 is 0 Å². The molecule has 4 rings (SSSR count). The zero-order valence-corrected chi connectivity index (χ0v) is 18.0. The maximum Gasteiger partial charge on any atom is 0.280 e. The van der Waals surface area contributed by atoms with Crippen molar-refractivity contribution in [3.63, 3.8) is 0 Å². The number of fused-ring (bicyclic) bond motifs is 1. The van der Waals surface area contributed by atoms with Crippen LogP contribution in [0.15, 0.2) is 23.6 Å². The number of nitrogens with one attached hydrogen (secondary N) is 1. The summed E-state index contributed by atoms with van der Waals surface area (Å²) in [7, 11) is 1.58. The van der Waals surface area contributed by atoms with Gasteiger partial charge in [-0.2, -0.15) is 0 Å². The van der Waals surface area contributed by atoms with E-state index in [0.29, 0.717) is 34.4 Å². The van der Waals surface area contributed by atoms with E-state index in [9.17, 15) is 9.59 Å². The van der Waals surface area contributed by atoms with Gasteiger partial charge in [0.1, 0.15) is 11.3 Å². The number of methoxy groups -OCH3 is 1. The van der Waals surface area contributed by atoms with Crippen LogP contribution in [-0.2, 0) is 4.74 Å². The summed E-state index contributed by atoms with van der Waals surface area (Å²) in [6.07, 6.45) is 0. The van der Waals surface area contributed by atoms with Crippen LogP contribution in [0.4, 0.5) is 5.69 Å². The molecule has 1 amide bonds. The molecule has 1 N–H and O–H groups in total. The fraction of sp³-hybridized carbons (Fsp3) is 0.316. The van der Waals surface area contributed by atoms with E-state index in [4.69, 9.17) is 21.1 Å². The summed E-state index contributed by atoms with van der Waals surface area (Å²) >= 11 is 8.52. The van der Waals surface area contributed by atoms with Crippen LogP contribution in [0.2, 0.25) is 5.02 Å². The summed E-state index contributed by atoms with van der Waals surface area (Å²) in [6.45, 7) is 2.73. The molecule has 1 aliphatic rings. The highest BCUT2D eigenvalue weighted by Gasteiger charge is 2.22. The van der Waals surface area contributed by atoms with Crippen LogP contribution in [0.25, 0.3) is 10.2 Å². The van der Waals surface area contributed by atoms with Gasteiger partial charge in [0.05, 0.1) is 47.2 Å². The number of nitrogens with zero attached hydrogens (tertiary/aromatic N) is 2. The largest absolute Gasteiger partial charge is 0.494 e. The molecular weight excluding hydrogens is 434 g/mol. The number of anilines is 1. The maximum atomic E-state index is 12.6. The third kappa shape index (κ3) is 4.09. The summed E-state index contributed by atoms with van der Waals surface area (Å²) in [4.78, 5) is 32.0. The minimum absolute atomic E-state index is 0.136. The number of carbonyl (C=O) groups is 2. The van der Waals surface area contributed by atoms with Crippen molar-refractivity contribution in [3.8, 4) is 5.75 Å². The Balaban J connectivity index is 1.57. The molecular formula is C19H18ClN3O4S2. The summed E-state index contributed by atoms with van der Waals surface area (Å²) < 4.78 is 11.7. The van der Waals surface area contributed by atoms with Crippen LogP contribution in [0, 0.1) is 0 Å². The number of hydrogen-bond donors (Lipinski definition) is 1. The van der Waals surface area contributed by atoms with Crippen molar-refractivity contribution in [2.45, 2.75) is 0 Å². The van der Waals surface area contributed by atoms with E-state index in [1.165, 1.54) is 22.7 Å². The number of ether oxygens (including phenoxy) is 2. The van der Waals surface area contributed by atoms with E-state index >= 15 is 0 Å². The molecule has 7 nitrogen and oxygen atoms in total. The van der Waals surface area contributed by atoms with Crippen LogP contribution in [0.5, 0.6) is 5.75 Å². The maximum absolute atomic E-state index is 12.6. The SMILES string of the molecule is COc1ccc(N2CCOCC2)c2sc(C(=O)NCC(=O)c3sccc3Cl)nc12. The molecule has 3 aromatic rings. The van der Waals surface area contributed by atoms with E-state index in [2.05, 4.69) is 15.2 Å². The quantitative estimate of drug-likeness (QED) is 0.578. The van der Waals surface area contributed by atoms with Crippen molar-refractivity contribution in [2.75, 3.05) is 44.9 Å². The number of hydrogen-bond acceptors (Lipinski definition) is 8. The monoisotopic (exact) mass is 451 g/mol. The molecule has 0 radical (unpaired) electrons. The summed E-state index contributed by atoms with van der Waals surface area (Å²) in [6, 6.07) is 5.50. The fourth-order valence-electron chi connectivity index (χ4n) is 3.09. The van der Waals surface area contributed by atoms with Gasteiger partial charge in [-0.25, -0.2) is 4.98 Å². The lowest BCUT2D eigenvalue weighted by atomic mass is 10.2. The minimum Gasteiger partial charge on any atom is -0.494 e. The van der Waals surface area contributed by atoms with E-state index in [1.54, 1.807) is 18.6 Å². The first-order valence-electron chi connectivity index (χ1n) is 8.93. The molecule has 1 saturated heterocycles. The first kappa shape index (κ1) is 20.1. The van der Waals surface area contributed by atoms with Crippen molar-refractivity contribution in [2.24, 2.45) is 0 Å². The van der Waals surface area contributed by atoms with Gasteiger partial charge in [0.2, 0.25) is 0 Å². The number of aromatic nitrogens is 1. The normalized spacial score (nSPS) is 14.2. The van der Waals surface area contributed by atoms with Crippen molar-refractivity contribution in [1.82, 2.24) is 10.3 Å². The van der Waals surface area contributed by atoms with Crippen LogP contribution in [0.3, 0.4) is 0 Å². The third-order valence-corrected chi connectivity index (χ3v) is 6.99. The standard InChI is InChI=1S/C19H18ClN3O4S2/c1-26-14-3-2-12(23-5-7-27-8-6-23)17-15(14)22-19(29-17)18(25)21-10-13(24)16-11(20)4-9-28-16/h2-4,9H,5-8,10H2,1H3,(H,21,25). The lowest BCUT2D eigenvalue weighted by Crippen LogP contribution is -2.36. The predicted octanol–water partition coefficient (Wildman–Crippen LogP) is 3.47. The second-order valence-corrected chi connectivity index (χ2v) is 8.61. The second kappa shape index (κ2) is 8.66. The predicted molar refractivity (Wildman–Crippen MR) is 115 cm³/mol. The number of amides is 1. The number of halogens is 1. The van der Waals surface area contributed by atoms with Gasteiger partial charge in [-0.3, -0.25) is 9.59 Å². The number of Topliss-reactive ketones (excluding diaryl/α,β-unsaturated/α-hetero) is 1. The molecule has 1 aliphatic heterocycles. The molecule has 10 heteroatoms. The number of thiophene rings is 1. The van der Waals surface area contributed by atoms with Gasteiger partial charge in [0.15, 0.2) is 10.8 Å². The van der Waals surface area contributed by atoms with Crippen LogP contribution in [0.1, 0.15) is 19.5 Å². The van der Waals surface area contributed by atoms with Crippen molar-refractivity contribution < 1.29 is 19.1 Å². The molecule has 2 aromatic heterocycles. The van der Waals surface area contributed by atoms with Crippen molar-refractivity contribution in [3.05, 3.63) is 38.5 Å². The Bertz CT molecular complexity index is 1060. The number of carbonyl (C=O) groups excluding carboxylic acids is 2. The number of benzene rings is 1. The first-order chi connectivity index (χ1) is 14.1. The molecule has 0 atom stereocenters. The first-order valence-corrected chi connectivity index (χ1v) is 11.0. The van der Waals surface area contributed by atoms with Gasteiger partial charge < -0.3 is 19.7 Å². The Morgan fingerprint density at radius 3 is 2.79 bits per heavy atom. The Morgan fingerprint density at radius 2 is 2.10 bits per heavy atom. The lowest BCUT2D eigenvalue weighted by Gasteiger charge is -2.29. The summed E-state index contributed by atoms with van der Waals surface area (Å²) in [5, 5.41) is 5.06. The molecule has 0 bridgehead atoms. The highest BCUT2D eigenvalue weighted by atomic mass is 35.5. The van der Waals surface area contributed by atoms with Crippen molar-refractivity contribution >= 4 is 61.9 Å². The average molecular weight is 452 g/mol. The Kier molecular flexibility index (Phi) is 6.00. The lowest BCUT2D eigenvalue weighted by molar-refractivity contribution is 0.0905. The Morgan fingerprint density at radius 1 is 1.31 bits per heavy atom. The highest BCUT2D eigenvalue weighted by Crippen LogP contribution is 2.37. The topological polar surface area (TPSA) is 80.8 Å². The van der Waals surface area contributed by atoms with Gasteiger partial charge in [-0.1, -0.05) is 11.6 Å². The van der Waals surface area contributed by atoms with Gasteiger partial charge in [-0.05, 0) is 23.6 Å². The fourth-order valence-corrected chi connectivity index (χ4v) is 5.24. The number of ketones is 1. The zero-order chi connectivity index (χ0) is 20.4. The molecule has 152 valence electrons. The third-order valence-electron chi connectivity index (χ3n) is 4.53. The molecule has 0 spiro atoms. The molecule has 0 aliphatic carbocycles. The number of morpholine rings is 1. The van der Waals surface area contributed by atoms with Gasteiger partial charge in [0, 0.05) is 13.1 Å². The van der Waals surface area contributed by atoms with Crippen LogP contribution >= 0.6 is 34.3 Å². The van der Waals surface area contributed by atoms with Crippen LogP contribution in [-0.4, -0.2) is 56.6 Å². The average Bonchev–Trinajstić information content (AvgIpc) is 3.38. The van der Waals surface area contributed by atoms with Crippen LogP contribution < -0.4 is 15.0 Å². The molecule has 1 fully saturated rings. The smallest absolute Gasteiger partial charge is 0.280 e. The van der Waals surface area contributed by atoms with Gasteiger partial charge in [0.25, 0.3) is 5.91 Å². The number of thiazole rings is 1. The Hall–Kier alpha value is -2.20. The summed E-state index contributed by atoms with van der Waals surface area (Å²) in [5.41, 5.74) is 1.64. The summed E-state index contributed by atoms with van der Waals surface area (Å²) in [5.74, 6) is -0.0259. The van der Waals surface area contributed by atoms with E-state index in [0.717, 1.165) is 23.5 Å². The molecule has 3 heterocycles. The molecule has 0 unspecified atom stereocenters.